The molecule has 1 N–H and O–H groups in total. The van der Waals surface area contributed by atoms with Crippen LogP contribution >= 0.6 is 0 Å². The Kier molecular flexibility index (Phi) is 4.45. The van der Waals surface area contributed by atoms with E-state index >= 15 is 0 Å². The van der Waals surface area contributed by atoms with Crippen molar-refractivity contribution in [1.29, 1.82) is 0 Å². The standard InChI is InChI=1S/C13H20FN3/c1-17(10-13-4-2-3-5-16-13)9-11-6-12(14)8-15-7-11/h6-8,13,16H,2-5,9-10H2,1H3. The van der Waals surface area contributed by atoms with Gasteiger partial charge in [-0.25, -0.2) is 4.39 Å². The van der Waals surface area contributed by atoms with Gasteiger partial charge in [0, 0.05) is 25.3 Å². The molecule has 94 valence electrons. The van der Waals surface area contributed by atoms with Crippen molar-refractivity contribution in [3.8, 4) is 0 Å². The molecule has 2 heterocycles. The van der Waals surface area contributed by atoms with Crippen molar-refractivity contribution in [2.24, 2.45) is 0 Å². The van der Waals surface area contributed by atoms with Crippen molar-refractivity contribution in [2.45, 2.75) is 31.8 Å². The summed E-state index contributed by atoms with van der Waals surface area (Å²) in [5, 5.41) is 3.52. The molecule has 0 aromatic carbocycles. The van der Waals surface area contributed by atoms with E-state index < -0.39 is 0 Å². The Labute approximate surface area is 102 Å². The maximum atomic E-state index is 13.0. The second-order valence-corrected chi connectivity index (χ2v) is 4.85. The summed E-state index contributed by atoms with van der Waals surface area (Å²) in [6.07, 6.45) is 6.81. The minimum Gasteiger partial charge on any atom is -0.313 e. The van der Waals surface area contributed by atoms with Gasteiger partial charge in [-0.15, -0.1) is 0 Å². The molecule has 1 saturated heterocycles. The number of nitrogens with zero attached hydrogens (tertiary/aromatic N) is 2. The molecule has 0 saturated carbocycles. The molecule has 1 aliphatic heterocycles. The minimum atomic E-state index is -0.258. The molecule has 0 amide bonds. The van der Waals surface area contributed by atoms with E-state index in [1.165, 1.54) is 25.5 Å². The van der Waals surface area contributed by atoms with Crippen LogP contribution in [0.25, 0.3) is 0 Å². The fourth-order valence-corrected chi connectivity index (χ4v) is 2.37. The van der Waals surface area contributed by atoms with Gasteiger partial charge in [-0.05, 0) is 38.1 Å². The Morgan fingerprint density at radius 2 is 2.35 bits per heavy atom. The number of rotatable bonds is 4. The molecule has 1 aromatic rings. The van der Waals surface area contributed by atoms with Gasteiger partial charge in [0.25, 0.3) is 0 Å². The second kappa shape index (κ2) is 6.07. The van der Waals surface area contributed by atoms with Crippen molar-refractivity contribution in [1.82, 2.24) is 15.2 Å². The largest absolute Gasteiger partial charge is 0.313 e. The number of piperidine rings is 1. The summed E-state index contributed by atoms with van der Waals surface area (Å²) in [7, 11) is 2.07. The van der Waals surface area contributed by atoms with Crippen LogP contribution in [0.1, 0.15) is 24.8 Å². The third-order valence-corrected chi connectivity index (χ3v) is 3.16. The molecular formula is C13H20FN3. The second-order valence-electron chi connectivity index (χ2n) is 4.85. The summed E-state index contributed by atoms with van der Waals surface area (Å²) in [5.74, 6) is -0.258. The smallest absolute Gasteiger partial charge is 0.141 e. The first-order valence-corrected chi connectivity index (χ1v) is 6.25. The van der Waals surface area contributed by atoms with Crippen LogP contribution in [0.4, 0.5) is 4.39 Å². The van der Waals surface area contributed by atoms with Crippen molar-refractivity contribution in [3.63, 3.8) is 0 Å². The van der Waals surface area contributed by atoms with Crippen LogP contribution in [-0.2, 0) is 6.54 Å². The van der Waals surface area contributed by atoms with Crippen LogP contribution < -0.4 is 5.32 Å². The number of hydrogen-bond donors (Lipinski definition) is 1. The van der Waals surface area contributed by atoms with Gasteiger partial charge in [0.15, 0.2) is 0 Å². The molecular weight excluding hydrogens is 217 g/mol. The third kappa shape index (κ3) is 4.06. The molecule has 0 bridgehead atoms. The topological polar surface area (TPSA) is 28.2 Å². The van der Waals surface area contributed by atoms with Gasteiger partial charge in [-0.2, -0.15) is 0 Å². The van der Waals surface area contributed by atoms with Crippen LogP contribution in [0.3, 0.4) is 0 Å². The van der Waals surface area contributed by atoms with E-state index in [4.69, 9.17) is 0 Å². The molecule has 4 heteroatoms. The maximum absolute atomic E-state index is 13.0. The van der Waals surface area contributed by atoms with Crippen molar-refractivity contribution < 1.29 is 4.39 Å². The van der Waals surface area contributed by atoms with E-state index in [0.717, 1.165) is 25.2 Å². The van der Waals surface area contributed by atoms with E-state index in [1.807, 2.05) is 0 Å². The Balaban J connectivity index is 1.82. The summed E-state index contributed by atoms with van der Waals surface area (Å²) in [5.41, 5.74) is 0.934. The molecule has 1 atom stereocenters. The number of hydrogen-bond acceptors (Lipinski definition) is 3. The Hall–Kier alpha value is -1.00. The summed E-state index contributed by atoms with van der Waals surface area (Å²) in [6.45, 7) is 2.89. The van der Waals surface area contributed by atoms with Gasteiger partial charge in [0.1, 0.15) is 5.82 Å². The monoisotopic (exact) mass is 237 g/mol. The van der Waals surface area contributed by atoms with Crippen LogP contribution in [-0.4, -0.2) is 36.1 Å². The molecule has 0 spiro atoms. The lowest BCUT2D eigenvalue weighted by molar-refractivity contribution is 0.256. The van der Waals surface area contributed by atoms with Gasteiger partial charge in [-0.1, -0.05) is 6.42 Å². The lowest BCUT2D eigenvalue weighted by Gasteiger charge is -2.28. The lowest BCUT2D eigenvalue weighted by atomic mass is 10.0. The average molecular weight is 237 g/mol. The zero-order valence-electron chi connectivity index (χ0n) is 10.3. The predicted octanol–water partition coefficient (Wildman–Crippen LogP) is 1.79. The molecule has 2 rings (SSSR count). The number of aromatic nitrogens is 1. The molecule has 1 unspecified atom stereocenters. The highest BCUT2D eigenvalue weighted by Gasteiger charge is 2.14. The fourth-order valence-electron chi connectivity index (χ4n) is 2.37. The number of likely N-dealkylation sites (N-methyl/N-ethyl adjacent to an activating group) is 1. The fraction of sp³-hybridized carbons (Fsp3) is 0.615. The van der Waals surface area contributed by atoms with E-state index in [9.17, 15) is 4.39 Å². The normalized spacial score (nSPS) is 20.8. The first-order valence-electron chi connectivity index (χ1n) is 6.25. The van der Waals surface area contributed by atoms with Crippen molar-refractivity contribution in [3.05, 3.63) is 29.8 Å². The quantitative estimate of drug-likeness (QED) is 0.865. The van der Waals surface area contributed by atoms with E-state index in [-0.39, 0.29) is 5.82 Å². The van der Waals surface area contributed by atoms with Crippen LogP contribution in [0.15, 0.2) is 18.5 Å². The highest BCUT2D eigenvalue weighted by Crippen LogP contribution is 2.10. The van der Waals surface area contributed by atoms with Crippen LogP contribution in [0.2, 0.25) is 0 Å². The Bertz CT molecular complexity index is 350. The van der Waals surface area contributed by atoms with E-state index in [0.29, 0.717) is 6.04 Å². The predicted molar refractivity (Wildman–Crippen MR) is 66.2 cm³/mol. The highest BCUT2D eigenvalue weighted by atomic mass is 19.1. The van der Waals surface area contributed by atoms with Gasteiger partial charge in [0.2, 0.25) is 0 Å². The summed E-state index contributed by atoms with van der Waals surface area (Å²) < 4.78 is 13.0. The van der Waals surface area contributed by atoms with Crippen LogP contribution in [0.5, 0.6) is 0 Å². The maximum Gasteiger partial charge on any atom is 0.141 e. The van der Waals surface area contributed by atoms with Crippen molar-refractivity contribution >= 4 is 0 Å². The molecule has 1 fully saturated rings. The van der Waals surface area contributed by atoms with Gasteiger partial charge in [0.05, 0.1) is 6.20 Å². The minimum absolute atomic E-state index is 0.258. The lowest BCUT2D eigenvalue weighted by Crippen LogP contribution is -2.42. The van der Waals surface area contributed by atoms with Gasteiger partial charge >= 0.3 is 0 Å². The first kappa shape index (κ1) is 12.5. The Morgan fingerprint density at radius 1 is 1.47 bits per heavy atom. The molecule has 0 aliphatic carbocycles. The molecule has 1 aliphatic rings. The summed E-state index contributed by atoms with van der Waals surface area (Å²) in [4.78, 5) is 6.09. The zero-order chi connectivity index (χ0) is 12.1. The number of halogens is 1. The summed E-state index contributed by atoms with van der Waals surface area (Å²) in [6, 6.07) is 2.13. The molecule has 3 nitrogen and oxygen atoms in total. The molecule has 1 aromatic heterocycles. The van der Waals surface area contributed by atoms with E-state index in [2.05, 4.69) is 22.2 Å². The first-order chi connectivity index (χ1) is 8.24. The third-order valence-electron chi connectivity index (χ3n) is 3.16. The molecule has 0 radical (unpaired) electrons. The van der Waals surface area contributed by atoms with Crippen molar-refractivity contribution in [2.75, 3.05) is 20.1 Å². The average Bonchev–Trinajstić information content (AvgIpc) is 2.30. The SMILES string of the molecule is CN(Cc1cncc(F)c1)CC1CCCCN1. The highest BCUT2D eigenvalue weighted by molar-refractivity contribution is 5.09. The van der Waals surface area contributed by atoms with Crippen LogP contribution in [0, 0.1) is 5.82 Å². The molecule has 17 heavy (non-hydrogen) atoms. The number of nitrogens with one attached hydrogen (secondary N) is 1. The number of pyridine rings is 1. The summed E-state index contributed by atoms with van der Waals surface area (Å²) >= 11 is 0. The Morgan fingerprint density at radius 3 is 3.06 bits per heavy atom. The zero-order valence-corrected chi connectivity index (χ0v) is 10.3. The van der Waals surface area contributed by atoms with Gasteiger partial charge in [-0.3, -0.25) is 4.98 Å². The van der Waals surface area contributed by atoms with Gasteiger partial charge < -0.3 is 10.2 Å². The van der Waals surface area contributed by atoms with E-state index in [1.54, 1.807) is 12.3 Å².